The average Bonchev–Trinajstić information content (AvgIpc) is 3.47. The molecule has 0 bridgehead atoms. The molecule has 1 aromatic carbocycles. The summed E-state index contributed by atoms with van der Waals surface area (Å²) < 4.78 is 10.5. The van der Waals surface area contributed by atoms with Crippen molar-refractivity contribution in [1.29, 1.82) is 0 Å². The molecule has 250 valence electrons. The highest BCUT2D eigenvalue weighted by Gasteiger charge is 2.54. The standard InChI is InChI=1S/C27H28ClN7O10S2/c1-27(2,3)45-26(40)29-8-9-44-33-18(17-12-47-25(31-17)30-13-36)21(37)32-19-22(38)34-20(16(28)11-46-23(19)34)24(39)43-10-14-4-6-15(7-5-14)35(41)42/h4-7,12-13,19,23H,8-11H2,1-3H3,(H,29,40)(H,32,37)(H,30,31,36)/b33-18+/t19?,23-/m1/s1. The van der Waals surface area contributed by atoms with E-state index in [0.29, 0.717) is 12.0 Å². The quantitative estimate of drug-likeness (QED) is 0.0519. The van der Waals surface area contributed by atoms with Gasteiger partial charge in [0.2, 0.25) is 6.41 Å². The number of β-lactam (4-membered cyclic amide) rings is 1. The van der Waals surface area contributed by atoms with Gasteiger partial charge in [-0.25, -0.2) is 14.6 Å². The number of halogens is 1. The summed E-state index contributed by atoms with van der Waals surface area (Å²) in [4.78, 5) is 83.1. The molecule has 4 amide bonds. The largest absolute Gasteiger partial charge is 0.456 e. The molecule has 20 heteroatoms. The van der Waals surface area contributed by atoms with E-state index in [9.17, 15) is 34.1 Å². The lowest BCUT2D eigenvalue weighted by atomic mass is 10.0. The summed E-state index contributed by atoms with van der Waals surface area (Å²) in [5.74, 6) is -2.22. The number of hydrogen-bond donors (Lipinski definition) is 3. The van der Waals surface area contributed by atoms with Crippen LogP contribution in [0.25, 0.3) is 0 Å². The molecule has 2 aliphatic rings. The number of hydrogen-bond acceptors (Lipinski definition) is 14. The number of ether oxygens (including phenoxy) is 2. The van der Waals surface area contributed by atoms with E-state index in [1.54, 1.807) is 20.8 Å². The molecule has 2 aliphatic heterocycles. The maximum atomic E-state index is 13.4. The van der Waals surface area contributed by atoms with E-state index in [1.165, 1.54) is 41.4 Å². The van der Waals surface area contributed by atoms with Crippen LogP contribution in [0.5, 0.6) is 0 Å². The first kappa shape index (κ1) is 35.1. The third kappa shape index (κ3) is 8.95. The molecular weight excluding hydrogens is 682 g/mol. The summed E-state index contributed by atoms with van der Waals surface area (Å²) in [7, 11) is 0. The van der Waals surface area contributed by atoms with E-state index in [2.05, 4.69) is 26.1 Å². The Hall–Kier alpha value is -4.75. The number of rotatable bonds is 13. The van der Waals surface area contributed by atoms with Crippen molar-refractivity contribution in [3.8, 4) is 0 Å². The maximum absolute atomic E-state index is 13.4. The molecule has 1 aromatic heterocycles. The summed E-state index contributed by atoms with van der Waals surface area (Å²) in [6.45, 7) is 4.74. The normalized spacial score (nSPS) is 17.6. The van der Waals surface area contributed by atoms with Gasteiger partial charge in [0, 0.05) is 23.3 Å². The Morgan fingerprint density at radius 2 is 1.98 bits per heavy atom. The Bertz CT molecular complexity index is 1620. The number of thiazole rings is 1. The molecule has 0 radical (unpaired) electrons. The van der Waals surface area contributed by atoms with Gasteiger partial charge in [0.15, 0.2) is 10.8 Å². The van der Waals surface area contributed by atoms with E-state index in [1.807, 2.05) is 0 Å². The first-order valence-corrected chi connectivity index (χ1v) is 16.0. The monoisotopic (exact) mass is 709 g/mol. The lowest BCUT2D eigenvalue weighted by Crippen LogP contribution is -2.71. The molecular formula is C27H28ClN7O10S2. The second-order valence-corrected chi connectivity index (χ2v) is 13.0. The fourth-order valence-electron chi connectivity index (χ4n) is 4.04. The van der Waals surface area contributed by atoms with Crippen molar-refractivity contribution in [2.45, 2.75) is 44.4 Å². The summed E-state index contributed by atoms with van der Waals surface area (Å²) in [6, 6.07) is 4.32. The van der Waals surface area contributed by atoms with Crippen molar-refractivity contribution < 1.29 is 43.2 Å². The first-order valence-electron chi connectivity index (χ1n) is 13.7. The number of benzene rings is 1. The SMILES string of the molecule is CC(C)(C)OC(=O)NCCO/N=C(/C(=O)NC1C(=O)N2C(C(=O)OCc3ccc([N+](=O)[O-])cc3)=C(Cl)CS[C@H]12)c1csc(NC=O)n1. The van der Waals surface area contributed by atoms with Crippen LogP contribution in [-0.2, 0) is 40.1 Å². The van der Waals surface area contributed by atoms with Crippen LogP contribution >= 0.6 is 34.7 Å². The number of oxime groups is 1. The van der Waals surface area contributed by atoms with E-state index < -0.39 is 45.8 Å². The van der Waals surface area contributed by atoms with Crippen LogP contribution < -0.4 is 16.0 Å². The van der Waals surface area contributed by atoms with Crippen molar-refractivity contribution in [3.05, 3.63) is 61.7 Å². The number of non-ortho nitro benzene ring substituents is 1. The fourth-order valence-corrected chi connectivity index (χ4v) is 6.24. The minimum absolute atomic E-state index is 0.00667. The minimum atomic E-state index is -1.08. The number of aromatic nitrogens is 1. The number of esters is 1. The zero-order valence-corrected chi connectivity index (χ0v) is 27.4. The Labute approximate surface area is 280 Å². The van der Waals surface area contributed by atoms with E-state index in [-0.39, 0.29) is 58.5 Å². The zero-order chi connectivity index (χ0) is 34.3. The predicted molar refractivity (Wildman–Crippen MR) is 169 cm³/mol. The highest BCUT2D eigenvalue weighted by Crippen LogP contribution is 2.41. The fraction of sp³-hybridized carbons (Fsp3) is 0.370. The number of amides is 4. The topological polar surface area (TPSA) is 221 Å². The van der Waals surface area contributed by atoms with Crippen LogP contribution in [0.3, 0.4) is 0 Å². The van der Waals surface area contributed by atoms with E-state index in [0.717, 1.165) is 16.2 Å². The van der Waals surface area contributed by atoms with Gasteiger partial charge in [0.1, 0.15) is 41.6 Å². The van der Waals surface area contributed by atoms with Gasteiger partial charge < -0.3 is 30.3 Å². The van der Waals surface area contributed by atoms with Crippen LogP contribution in [0.1, 0.15) is 32.0 Å². The second-order valence-electron chi connectivity index (χ2n) is 10.6. The van der Waals surface area contributed by atoms with Gasteiger partial charge in [-0.2, -0.15) is 0 Å². The zero-order valence-electron chi connectivity index (χ0n) is 25.0. The molecule has 2 atom stereocenters. The second kappa shape index (κ2) is 15.2. The molecule has 0 saturated carbocycles. The van der Waals surface area contributed by atoms with E-state index in [4.69, 9.17) is 25.9 Å². The van der Waals surface area contributed by atoms with Crippen LogP contribution in [0, 0.1) is 10.1 Å². The van der Waals surface area contributed by atoms with Gasteiger partial charge in [0.25, 0.3) is 17.5 Å². The Morgan fingerprint density at radius 1 is 1.26 bits per heavy atom. The molecule has 3 N–H and O–H groups in total. The lowest BCUT2D eigenvalue weighted by Gasteiger charge is -2.49. The molecule has 4 rings (SSSR count). The number of nitrogens with zero attached hydrogens (tertiary/aromatic N) is 4. The summed E-state index contributed by atoms with van der Waals surface area (Å²) in [5, 5.41) is 23.2. The molecule has 1 fully saturated rings. The average molecular weight is 710 g/mol. The maximum Gasteiger partial charge on any atom is 0.407 e. The number of fused-ring (bicyclic) bond motifs is 1. The molecule has 0 aliphatic carbocycles. The van der Waals surface area contributed by atoms with Crippen molar-refractivity contribution in [2.75, 3.05) is 24.2 Å². The summed E-state index contributed by atoms with van der Waals surface area (Å²) in [6.07, 6.45) is -0.262. The number of nitrogens with one attached hydrogen (secondary N) is 3. The number of nitro benzene ring substituents is 1. The van der Waals surface area contributed by atoms with Gasteiger partial charge in [-0.05, 0) is 38.5 Å². The van der Waals surface area contributed by atoms with Crippen LogP contribution in [0.4, 0.5) is 15.6 Å². The van der Waals surface area contributed by atoms with Crippen molar-refractivity contribution >= 4 is 81.5 Å². The number of alkyl carbamates (subject to hydrolysis) is 1. The third-order valence-electron chi connectivity index (χ3n) is 6.08. The van der Waals surface area contributed by atoms with Crippen LogP contribution in [0.15, 0.2) is 45.5 Å². The Balaban J connectivity index is 1.40. The van der Waals surface area contributed by atoms with Gasteiger partial charge in [0.05, 0.1) is 16.5 Å². The molecule has 1 saturated heterocycles. The molecule has 47 heavy (non-hydrogen) atoms. The highest BCUT2D eigenvalue weighted by molar-refractivity contribution is 8.00. The number of thioether (sulfide) groups is 1. The number of carbonyl (C=O) groups is 5. The molecule has 17 nitrogen and oxygen atoms in total. The van der Waals surface area contributed by atoms with Gasteiger partial charge in [-0.3, -0.25) is 29.4 Å². The first-order chi connectivity index (χ1) is 22.3. The van der Waals surface area contributed by atoms with Crippen molar-refractivity contribution in [3.63, 3.8) is 0 Å². The van der Waals surface area contributed by atoms with Gasteiger partial charge >= 0.3 is 12.1 Å². The predicted octanol–water partition coefficient (Wildman–Crippen LogP) is 2.46. The molecule has 1 unspecified atom stereocenters. The van der Waals surface area contributed by atoms with Crippen molar-refractivity contribution in [2.24, 2.45) is 5.16 Å². The lowest BCUT2D eigenvalue weighted by molar-refractivity contribution is -0.384. The third-order valence-corrected chi connectivity index (χ3v) is 8.60. The van der Waals surface area contributed by atoms with E-state index >= 15 is 0 Å². The molecule has 3 heterocycles. The van der Waals surface area contributed by atoms with Crippen LogP contribution in [-0.4, -0.2) is 86.7 Å². The number of carbonyl (C=O) groups excluding carboxylic acids is 5. The summed E-state index contributed by atoms with van der Waals surface area (Å²) in [5.41, 5.74) is -0.803. The van der Waals surface area contributed by atoms with Crippen LogP contribution in [0.2, 0.25) is 0 Å². The Morgan fingerprint density at radius 3 is 2.64 bits per heavy atom. The molecule has 0 spiro atoms. The smallest absolute Gasteiger partial charge is 0.407 e. The van der Waals surface area contributed by atoms with Gasteiger partial charge in [-0.1, -0.05) is 16.8 Å². The summed E-state index contributed by atoms with van der Waals surface area (Å²) >= 11 is 8.54. The van der Waals surface area contributed by atoms with Crippen molar-refractivity contribution in [1.82, 2.24) is 20.5 Å². The number of anilines is 1. The van der Waals surface area contributed by atoms with Gasteiger partial charge in [-0.15, -0.1) is 23.1 Å². The Kier molecular flexibility index (Phi) is 11.4. The number of nitro groups is 1. The highest BCUT2D eigenvalue weighted by atomic mass is 35.5. The minimum Gasteiger partial charge on any atom is -0.456 e. The molecule has 2 aromatic rings.